The first-order valence-corrected chi connectivity index (χ1v) is 13.9. The predicted octanol–water partition coefficient (Wildman–Crippen LogP) is 2.37. The molecular weight excluding hydrogens is 575 g/mol. The van der Waals surface area contributed by atoms with E-state index in [1.54, 1.807) is 18.2 Å². The number of fused-ring (bicyclic) bond motifs is 2. The second kappa shape index (κ2) is 11.6. The van der Waals surface area contributed by atoms with Gasteiger partial charge in [0.2, 0.25) is 5.91 Å². The summed E-state index contributed by atoms with van der Waals surface area (Å²) < 4.78 is 12.5. The van der Waals surface area contributed by atoms with E-state index in [9.17, 15) is 15.0 Å². The molecule has 1 amide bonds. The van der Waals surface area contributed by atoms with Gasteiger partial charge in [-0.2, -0.15) is 0 Å². The van der Waals surface area contributed by atoms with Crippen molar-refractivity contribution in [2.75, 3.05) is 26.8 Å². The smallest absolute Gasteiger partial charge is 0.247 e. The van der Waals surface area contributed by atoms with Gasteiger partial charge in [-0.3, -0.25) is 4.79 Å². The molecule has 3 fully saturated rings. The molecule has 4 aliphatic rings. The van der Waals surface area contributed by atoms with Crippen LogP contribution >= 0.6 is 22.6 Å². The summed E-state index contributed by atoms with van der Waals surface area (Å²) in [5.41, 5.74) is 1.59. The van der Waals surface area contributed by atoms with Crippen LogP contribution in [-0.4, -0.2) is 66.3 Å². The number of aliphatic hydroxyl groups is 3. The van der Waals surface area contributed by atoms with Gasteiger partial charge in [-0.25, -0.2) is 0 Å². The highest BCUT2D eigenvalue weighted by atomic mass is 127. The van der Waals surface area contributed by atoms with Crippen molar-refractivity contribution in [1.29, 1.82) is 0 Å². The molecule has 6 unspecified atom stereocenters. The molecule has 2 bridgehead atoms. The number of carbonyl (C=O) groups excluding carboxylic acids is 1. The number of hydrogen-bond donors (Lipinski definition) is 5. The van der Waals surface area contributed by atoms with E-state index in [4.69, 9.17) is 14.6 Å². The zero-order valence-electron chi connectivity index (χ0n) is 21.3. The van der Waals surface area contributed by atoms with Gasteiger partial charge in [-0.05, 0) is 102 Å². The molecular formula is C27H39IN2O6. The monoisotopic (exact) mass is 614 g/mol. The minimum absolute atomic E-state index is 0.126. The molecule has 1 aromatic rings. The van der Waals surface area contributed by atoms with Gasteiger partial charge in [-0.1, -0.05) is 13.8 Å². The number of aliphatic hydroxyl groups excluding tert-OH is 3. The van der Waals surface area contributed by atoms with Gasteiger partial charge in [0.05, 0.1) is 23.9 Å². The van der Waals surface area contributed by atoms with E-state index in [1.165, 1.54) is 26.4 Å². The van der Waals surface area contributed by atoms with Gasteiger partial charge in [0.1, 0.15) is 12.2 Å². The van der Waals surface area contributed by atoms with Gasteiger partial charge in [0, 0.05) is 18.2 Å². The van der Waals surface area contributed by atoms with Crippen molar-refractivity contribution in [1.82, 2.24) is 10.6 Å². The molecule has 0 saturated heterocycles. The molecule has 0 heterocycles. The van der Waals surface area contributed by atoms with Crippen LogP contribution in [0.15, 0.2) is 23.8 Å². The van der Waals surface area contributed by atoms with Gasteiger partial charge in [-0.15, -0.1) is 0 Å². The molecule has 0 radical (unpaired) electrons. The fourth-order valence-corrected chi connectivity index (χ4v) is 7.12. The van der Waals surface area contributed by atoms with Crippen molar-refractivity contribution in [2.24, 2.45) is 23.2 Å². The Morgan fingerprint density at radius 1 is 1.25 bits per heavy atom. The standard InChI is InChI=1S/C27H39IN2O6/c1-27(2)18-5-4-16(19(27)12-18)13-30-21-10-17(26(34)29-6-7-31)11-22(24(21)33)36-25-20(28)8-15(14-32)9-23(25)35-3/h8-9,11,16,18-19,21-22,24,30-33H,4-7,10,12-14H2,1-3H3,(H,29,34). The number of benzene rings is 1. The molecule has 1 aromatic carbocycles. The molecule has 200 valence electrons. The van der Waals surface area contributed by atoms with Gasteiger partial charge in [0.25, 0.3) is 0 Å². The van der Waals surface area contributed by atoms with E-state index in [2.05, 4.69) is 47.1 Å². The van der Waals surface area contributed by atoms with Crippen molar-refractivity contribution >= 4 is 28.5 Å². The van der Waals surface area contributed by atoms with Crippen LogP contribution in [0.3, 0.4) is 0 Å². The van der Waals surface area contributed by atoms with E-state index in [0.29, 0.717) is 46.3 Å². The summed E-state index contributed by atoms with van der Waals surface area (Å²) in [6.07, 6.45) is 4.14. The number of ether oxygens (including phenoxy) is 2. The van der Waals surface area contributed by atoms with Crippen LogP contribution in [0.5, 0.6) is 11.5 Å². The molecule has 4 aliphatic carbocycles. The highest BCUT2D eigenvalue weighted by Gasteiger charge is 2.54. The van der Waals surface area contributed by atoms with Gasteiger partial charge in [0.15, 0.2) is 11.5 Å². The fourth-order valence-electron chi connectivity index (χ4n) is 6.32. The summed E-state index contributed by atoms with van der Waals surface area (Å²) in [5.74, 6) is 2.72. The highest BCUT2D eigenvalue weighted by molar-refractivity contribution is 14.1. The Hall–Kier alpha value is -1.40. The largest absolute Gasteiger partial charge is 0.493 e. The lowest BCUT2D eigenvalue weighted by Crippen LogP contribution is -2.57. The van der Waals surface area contributed by atoms with Crippen LogP contribution in [0.4, 0.5) is 0 Å². The van der Waals surface area contributed by atoms with Gasteiger partial charge < -0.3 is 35.4 Å². The Balaban J connectivity index is 1.53. The first kappa shape index (κ1) is 27.6. The minimum Gasteiger partial charge on any atom is -0.493 e. The summed E-state index contributed by atoms with van der Waals surface area (Å²) in [7, 11) is 1.53. The minimum atomic E-state index is -0.872. The number of carbonyl (C=O) groups is 1. The second-order valence-electron chi connectivity index (χ2n) is 10.9. The molecule has 5 rings (SSSR count). The Bertz CT molecular complexity index is 981. The van der Waals surface area contributed by atoms with Crippen molar-refractivity contribution in [2.45, 2.75) is 64.4 Å². The first-order chi connectivity index (χ1) is 17.2. The molecule has 3 saturated carbocycles. The number of hydrogen-bond acceptors (Lipinski definition) is 7. The predicted molar refractivity (Wildman–Crippen MR) is 145 cm³/mol. The third kappa shape index (κ3) is 5.55. The molecule has 5 N–H and O–H groups in total. The Kier molecular flexibility index (Phi) is 8.87. The van der Waals surface area contributed by atoms with E-state index in [0.717, 1.165) is 16.0 Å². The third-order valence-electron chi connectivity index (χ3n) is 8.61. The Morgan fingerprint density at radius 3 is 2.67 bits per heavy atom. The quantitative estimate of drug-likeness (QED) is 0.257. The topological polar surface area (TPSA) is 120 Å². The molecule has 0 spiro atoms. The van der Waals surface area contributed by atoms with Crippen LogP contribution in [0.2, 0.25) is 0 Å². The molecule has 6 atom stereocenters. The SMILES string of the molecule is COc1cc(CO)cc(I)c1OC1C=C(C(=O)NCCO)CC(NCC2CCC3CC2C3(C)C)C1O. The van der Waals surface area contributed by atoms with Crippen LogP contribution in [0.25, 0.3) is 0 Å². The second-order valence-corrected chi connectivity index (χ2v) is 12.1. The van der Waals surface area contributed by atoms with Gasteiger partial charge >= 0.3 is 0 Å². The number of amides is 1. The highest BCUT2D eigenvalue weighted by Crippen LogP contribution is 2.61. The van der Waals surface area contributed by atoms with E-state index >= 15 is 0 Å². The summed E-state index contributed by atoms with van der Waals surface area (Å²) >= 11 is 2.12. The molecule has 36 heavy (non-hydrogen) atoms. The van der Waals surface area contributed by atoms with Crippen molar-refractivity contribution in [3.05, 3.63) is 32.9 Å². The van der Waals surface area contributed by atoms with Crippen molar-refractivity contribution < 1.29 is 29.6 Å². The van der Waals surface area contributed by atoms with E-state index in [1.807, 2.05) is 0 Å². The number of methoxy groups -OCH3 is 1. The average molecular weight is 615 g/mol. The van der Waals surface area contributed by atoms with Crippen LogP contribution in [0, 0.1) is 26.7 Å². The number of halogens is 1. The first-order valence-electron chi connectivity index (χ1n) is 12.8. The normalized spacial score (nSPS) is 30.7. The zero-order valence-corrected chi connectivity index (χ0v) is 23.5. The van der Waals surface area contributed by atoms with Crippen molar-refractivity contribution in [3.8, 4) is 11.5 Å². The maximum Gasteiger partial charge on any atom is 0.247 e. The average Bonchev–Trinajstić information content (AvgIpc) is 2.88. The van der Waals surface area contributed by atoms with Crippen LogP contribution in [-0.2, 0) is 11.4 Å². The third-order valence-corrected chi connectivity index (χ3v) is 9.41. The summed E-state index contributed by atoms with van der Waals surface area (Å²) in [6, 6.07) is 3.16. The van der Waals surface area contributed by atoms with Crippen molar-refractivity contribution in [3.63, 3.8) is 0 Å². The number of nitrogens with one attached hydrogen (secondary N) is 2. The Morgan fingerprint density at radius 2 is 2.03 bits per heavy atom. The Labute approximate surface area is 227 Å². The van der Waals surface area contributed by atoms with Crippen LogP contribution < -0.4 is 20.1 Å². The maximum absolute atomic E-state index is 12.8. The molecule has 0 aromatic heterocycles. The van der Waals surface area contributed by atoms with E-state index < -0.39 is 12.2 Å². The van der Waals surface area contributed by atoms with Crippen LogP contribution in [0.1, 0.15) is 45.1 Å². The molecule has 0 aliphatic heterocycles. The summed E-state index contributed by atoms with van der Waals surface area (Å²) in [6.45, 7) is 5.44. The molecule has 8 nitrogen and oxygen atoms in total. The summed E-state index contributed by atoms with van der Waals surface area (Å²) in [4.78, 5) is 12.8. The molecule has 9 heteroatoms. The lowest BCUT2D eigenvalue weighted by atomic mass is 9.45. The lowest BCUT2D eigenvalue weighted by Gasteiger charge is -2.60. The number of rotatable bonds is 10. The summed E-state index contributed by atoms with van der Waals surface area (Å²) in [5, 5.41) is 36.3. The van der Waals surface area contributed by atoms with E-state index in [-0.39, 0.29) is 31.7 Å². The fraction of sp³-hybridized carbons (Fsp3) is 0.667. The maximum atomic E-state index is 12.8. The zero-order chi connectivity index (χ0) is 26.0. The lowest BCUT2D eigenvalue weighted by molar-refractivity contribution is -0.118.